The summed E-state index contributed by atoms with van der Waals surface area (Å²) in [5.74, 6) is -0.560. The van der Waals surface area contributed by atoms with Crippen LogP contribution < -0.4 is 5.73 Å². The molecule has 0 heterocycles. The number of alkyl halides is 3. The molecule has 3 N–H and O–H groups in total. The van der Waals surface area contributed by atoms with E-state index in [1.165, 1.54) is 24.3 Å². The van der Waals surface area contributed by atoms with Gasteiger partial charge in [0.25, 0.3) is 5.91 Å². The summed E-state index contributed by atoms with van der Waals surface area (Å²) in [5.41, 5.74) is 3.33. The van der Waals surface area contributed by atoms with E-state index in [0.717, 1.165) is 18.4 Å². The second-order valence-electron chi connectivity index (χ2n) is 10.1. The van der Waals surface area contributed by atoms with Crippen molar-refractivity contribution in [3.8, 4) is 0 Å². The molecule has 2 aromatic rings. The lowest BCUT2D eigenvalue weighted by Crippen LogP contribution is -2.47. The van der Waals surface area contributed by atoms with Crippen LogP contribution in [0.1, 0.15) is 73.4 Å². The average molecular weight is 489 g/mol. The minimum Gasteiger partial charge on any atom is -0.376 e. The lowest BCUT2D eigenvalue weighted by Gasteiger charge is -2.44. The first-order valence-corrected chi connectivity index (χ1v) is 12.0. The van der Waals surface area contributed by atoms with Gasteiger partial charge in [-0.25, -0.2) is 0 Å². The molecule has 1 atom stereocenters. The molecule has 0 unspecified atom stereocenters. The number of halogens is 3. The number of hydrogen-bond acceptors (Lipinski definition) is 3. The van der Waals surface area contributed by atoms with Gasteiger partial charge in [0.05, 0.1) is 0 Å². The molecule has 2 aliphatic rings. The highest BCUT2D eigenvalue weighted by Gasteiger charge is 2.51. The highest BCUT2D eigenvalue weighted by molar-refractivity contribution is 5.95. The Morgan fingerprint density at radius 2 is 1.51 bits per heavy atom. The first kappa shape index (κ1) is 25.2. The number of carbonyl (C=O) groups is 2. The molecule has 35 heavy (non-hydrogen) atoms. The summed E-state index contributed by atoms with van der Waals surface area (Å²) in [6.45, 7) is 0.702. The number of rotatable bonds is 7. The molecule has 8 heteroatoms. The van der Waals surface area contributed by atoms with Crippen molar-refractivity contribution >= 4 is 11.8 Å². The van der Waals surface area contributed by atoms with Crippen LogP contribution in [0, 0.1) is 0 Å². The molecule has 4 rings (SSSR count). The average Bonchev–Trinajstić information content (AvgIpc) is 3.65. The first-order chi connectivity index (χ1) is 16.4. The van der Waals surface area contributed by atoms with E-state index in [1.807, 2.05) is 35.2 Å². The predicted octanol–water partition coefficient (Wildman–Crippen LogP) is 4.82. The van der Waals surface area contributed by atoms with E-state index in [2.05, 4.69) is 0 Å². The maximum absolute atomic E-state index is 13.5. The Morgan fingerprint density at radius 3 is 2.00 bits per heavy atom. The van der Waals surface area contributed by atoms with Crippen LogP contribution in [0.5, 0.6) is 0 Å². The SMILES string of the molecule is C[C@](O)(c1ccc(C(=O)N(C2CC2)[C@H]2CC[C@](CC(N)=O)(c3ccccc3)CC2)cc1)C(F)(F)F. The Bertz CT molecular complexity index is 1060. The summed E-state index contributed by atoms with van der Waals surface area (Å²) in [5, 5.41) is 9.92. The number of amides is 2. The number of aliphatic hydroxyl groups is 1. The standard InChI is InChI=1S/C27H31F3N2O3/c1-25(35,27(28,29)30)19-9-7-18(8-10-19)24(34)32(21-11-12-21)22-13-15-26(16-14-22,17-23(31)33)20-5-3-2-4-6-20/h2-10,21-22,35H,11-17H2,1H3,(H2,31,33)/t22-,25-,26-/m0/s1. The summed E-state index contributed by atoms with van der Waals surface area (Å²) in [6.07, 6.45) is 0.0839. The van der Waals surface area contributed by atoms with Gasteiger partial charge in [0.15, 0.2) is 5.60 Å². The summed E-state index contributed by atoms with van der Waals surface area (Å²) in [7, 11) is 0. The van der Waals surface area contributed by atoms with Gasteiger partial charge in [0.1, 0.15) is 0 Å². The van der Waals surface area contributed by atoms with Crippen molar-refractivity contribution in [1.82, 2.24) is 4.90 Å². The molecule has 5 nitrogen and oxygen atoms in total. The van der Waals surface area contributed by atoms with Crippen molar-refractivity contribution < 1.29 is 27.9 Å². The lowest BCUT2D eigenvalue weighted by molar-refractivity contribution is -0.258. The topological polar surface area (TPSA) is 83.6 Å². The number of primary amides is 1. The monoisotopic (exact) mass is 488 g/mol. The van der Waals surface area contributed by atoms with Crippen molar-refractivity contribution in [3.05, 3.63) is 71.3 Å². The van der Waals surface area contributed by atoms with Crippen molar-refractivity contribution in [3.63, 3.8) is 0 Å². The Labute approximate surface area is 203 Å². The third kappa shape index (κ3) is 5.08. The maximum atomic E-state index is 13.5. The van der Waals surface area contributed by atoms with Crippen LogP contribution >= 0.6 is 0 Å². The molecule has 0 spiro atoms. The summed E-state index contributed by atoms with van der Waals surface area (Å²) < 4.78 is 39.5. The molecular formula is C27H31F3N2O3. The summed E-state index contributed by atoms with van der Waals surface area (Å²) in [6, 6.07) is 15.0. The van der Waals surface area contributed by atoms with E-state index in [0.29, 0.717) is 38.2 Å². The van der Waals surface area contributed by atoms with Crippen molar-refractivity contribution in [2.24, 2.45) is 5.73 Å². The number of benzene rings is 2. The van der Waals surface area contributed by atoms with Gasteiger partial charge in [-0.1, -0.05) is 42.5 Å². The van der Waals surface area contributed by atoms with Gasteiger partial charge in [-0.05, 0) is 68.7 Å². The minimum absolute atomic E-state index is 0.0160. The first-order valence-electron chi connectivity index (χ1n) is 12.0. The largest absolute Gasteiger partial charge is 0.421 e. The van der Waals surface area contributed by atoms with Crippen LogP contribution in [0.4, 0.5) is 13.2 Å². The van der Waals surface area contributed by atoms with Crippen LogP contribution in [-0.2, 0) is 15.8 Å². The summed E-state index contributed by atoms with van der Waals surface area (Å²) >= 11 is 0. The third-order valence-corrected chi connectivity index (χ3v) is 7.63. The molecule has 2 fully saturated rings. The fourth-order valence-corrected chi connectivity index (χ4v) is 5.36. The fraction of sp³-hybridized carbons (Fsp3) is 0.481. The lowest BCUT2D eigenvalue weighted by atomic mass is 9.66. The molecular weight excluding hydrogens is 457 g/mol. The smallest absolute Gasteiger partial charge is 0.376 e. The zero-order chi connectivity index (χ0) is 25.4. The zero-order valence-electron chi connectivity index (χ0n) is 19.7. The molecule has 2 aromatic carbocycles. The number of hydrogen-bond donors (Lipinski definition) is 2. The van der Waals surface area contributed by atoms with Gasteiger partial charge >= 0.3 is 6.18 Å². The molecule has 0 aromatic heterocycles. The van der Waals surface area contributed by atoms with Gasteiger partial charge in [-0.3, -0.25) is 9.59 Å². The predicted molar refractivity (Wildman–Crippen MR) is 125 cm³/mol. The second-order valence-corrected chi connectivity index (χ2v) is 10.1. The van der Waals surface area contributed by atoms with Crippen LogP contribution in [0.15, 0.2) is 54.6 Å². The van der Waals surface area contributed by atoms with Crippen LogP contribution in [0.3, 0.4) is 0 Å². The molecule has 0 aliphatic heterocycles. The summed E-state index contributed by atoms with van der Waals surface area (Å²) in [4.78, 5) is 27.2. The van der Waals surface area contributed by atoms with Crippen molar-refractivity contribution in [2.45, 2.75) is 81.1 Å². The van der Waals surface area contributed by atoms with Crippen LogP contribution in [0.2, 0.25) is 0 Å². The second kappa shape index (κ2) is 9.30. The Balaban J connectivity index is 1.52. The van der Waals surface area contributed by atoms with Crippen molar-refractivity contribution in [1.29, 1.82) is 0 Å². The zero-order valence-corrected chi connectivity index (χ0v) is 19.7. The van der Waals surface area contributed by atoms with Gasteiger partial charge in [0, 0.05) is 29.5 Å². The van der Waals surface area contributed by atoms with E-state index in [4.69, 9.17) is 5.73 Å². The molecule has 188 valence electrons. The molecule has 2 aliphatic carbocycles. The Morgan fingerprint density at radius 1 is 0.971 bits per heavy atom. The van der Waals surface area contributed by atoms with Crippen LogP contribution in [-0.4, -0.2) is 40.1 Å². The third-order valence-electron chi connectivity index (χ3n) is 7.63. The molecule has 2 saturated carbocycles. The van der Waals surface area contributed by atoms with Gasteiger partial charge in [0.2, 0.25) is 5.91 Å². The van der Waals surface area contributed by atoms with Crippen molar-refractivity contribution in [2.75, 3.05) is 0 Å². The molecule has 2 amide bonds. The van der Waals surface area contributed by atoms with E-state index in [-0.39, 0.29) is 41.3 Å². The Kier molecular flexibility index (Phi) is 6.70. The quantitative estimate of drug-likeness (QED) is 0.586. The van der Waals surface area contributed by atoms with E-state index < -0.39 is 11.8 Å². The van der Waals surface area contributed by atoms with E-state index in [1.54, 1.807) is 0 Å². The minimum atomic E-state index is -4.82. The normalized spacial score (nSPS) is 24.4. The van der Waals surface area contributed by atoms with E-state index in [9.17, 15) is 27.9 Å². The number of nitrogens with zero attached hydrogens (tertiary/aromatic N) is 1. The van der Waals surface area contributed by atoms with E-state index >= 15 is 0 Å². The molecule has 0 radical (unpaired) electrons. The number of nitrogens with two attached hydrogens (primary N) is 1. The van der Waals surface area contributed by atoms with Gasteiger partial charge in [-0.15, -0.1) is 0 Å². The highest BCUT2D eigenvalue weighted by Crippen LogP contribution is 2.45. The highest BCUT2D eigenvalue weighted by atomic mass is 19.4. The maximum Gasteiger partial charge on any atom is 0.421 e. The molecule has 0 saturated heterocycles. The van der Waals surface area contributed by atoms with Gasteiger partial charge in [-0.2, -0.15) is 13.2 Å². The Hall–Kier alpha value is -2.87. The van der Waals surface area contributed by atoms with Gasteiger partial charge < -0.3 is 15.7 Å². The molecule has 0 bridgehead atoms. The number of carbonyl (C=O) groups excluding carboxylic acids is 2. The fourth-order valence-electron chi connectivity index (χ4n) is 5.36. The van der Waals surface area contributed by atoms with Crippen LogP contribution in [0.25, 0.3) is 0 Å².